The third-order valence-electron chi connectivity index (χ3n) is 6.74. The fourth-order valence-corrected chi connectivity index (χ4v) is 7.89. The molecule has 0 bridgehead atoms. The normalized spacial score (nSPS) is 13.7. The molecular weight excluding hydrogens is 477 g/mol. The summed E-state index contributed by atoms with van der Waals surface area (Å²) < 4.78 is 0. The molecule has 0 aromatic heterocycles. The first-order valence-corrected chi connectivity index (χ1v) is 13.7. The molecule has 1 atom stereocenters. The highest BCUT2D eigenvalue weighted by molar-refractivity contribution is 7.73. The average molecular weight is 506 g/mol. The van der Waals surface area contributed by atoms with Crippen LogP contribution in [0.4, 0.5) is 0 Å². The maximum atomic E-state index is 13.8. The summed E-state index contributed by atoms with van der Waals surface area (Å²) in [5, 5.41) is 2.31. The monoisotopic (exact) mass is 505 g/mol. The van der Waals surface area contributed by atoms with Crippen molar-refractivity contribution >= 4 is 36.3 Å². The molecule has 5 heteroatoms. The van der Waals surface area contributed by atoms with E-state index in [-0.39, 0.29) is 23.2 Å². The summed E-state index contributed by atoms with van der Waals surface area (Å²) in [5.74, 6) is -1.54. The van der Waals surface area contributed by atoms with Crippen molar-refractivity contribution in [3.05, 3.63) is 130 Å². The minimum Gasteiger partial charge on any atom is -0.274 e. The molecule has 4 nitrogen and oxygen atoms in total. The molecule has 4 aromatic carbocycles. The Labute approximate surface area is 218 Å². The highest BCUT2D eigenvalue weighted by Crippen LogP contribution is 2.52. The Morgan fingerprint density at radius 3 is 1.68 bits per heavy atom. The standard InChI is InChI=1S/C32H28NO3P/c1-21-14-16-24(17-15-21)29(20-30(34)33-31(35)27-12-4-5-13-28(27)32(33)36)37(25-10-6-8-22(2)18-25)26-11-7-9-23(3)19-26/h4-19,29H,20H2,1-3H3/t29-/m1/s1. The Kier molecular flexibility index (Phi) is 6.86. The topological polar surface area (TPSA) is 54.5 Å². The summed E-state index contributed by atoms with van der Waals surface area (Å²) in [6.07, 6.45) is 0.0438. The second kappa shape index (κ2) is 10.2. The number of fused-ring (bicyclic) bond motifs is 1. The highest BCUT2D eigenvalue weighted by atomic mass is 31.1. The van der Waals surface area contributed by atoms with Gasteiger partial charge in [0.15, 0.2) is 0 Å². The Morgan fingerprint density at radius 2 is 1.19 bits per heavy atom. The van der Waals surface area contributed by atoms with E-state index in [9.17, 15) is 14.4 Å². The lowest BCUT2D eigenvalue weighted by atomic mass is 10.1. The quantitative estimate of drug-likeness (QED) is 0.239. The number of carbonyl (C=O) groups is 3. The lowest BCUT2D eigenvalue weighted by molar-refractivity contribution is -0.126. The number of aryl methyl sites for hydroxylation is 3. The van der Waals surface area contributed by atoms with E-state index in [1.165, 1.54) is 0 Å². The molecule has 0 spiro atoms. The minimum absolute atomic E-state index is 0.0438. The van der Waals surface area contributed by atoms with Crippen LogP contribution in [0.15, 0.2) is 97.1 Å². The Morgan fingerprint density at radius 1 is 0.676 bits per heavy atom. The second-order valence-corrected chi connectivity index (χ2v) is 12.0. The zero-order chi connectivity index (χ0) is 26.1. The van der Waals surface area contributed by atoms with Gasteiger partial charge in [-0.1, -0.05) is 102 Å². The molecule has 1 heterocycles. The zero-order valence-corrected chi connectivity index (χ0v) is 22.0. The maximum absolute atomic E-state index is 13.8. The van der Waals surface area contributed by atoms with Crippen molar-refractivity contribution in [3.8, 4) is 0 Å². The number of carbonyl (C=O) groups excluding carboxylic acids is 3. The summed E-state index contributed by atoms with van der Waals surface area (Å²) in [5.41, 5.74) is 4.78. The van der Waals surface area contributed by atoms with Gasteiger partial charge in [-0.3, -0.25) is 14.4 Å². The fourth-order valence-electron chi connectivity index (χ4n) is 4.88. The van der Waals surface area contributed by atoms with E-state index < -0.39 is 25.6 Å². The number of imide groups is 3. The van der Waals surface area contributed by atoms with Crippen molar-refractivity contribution in [1.29, 1.82) is 0 Å². The van der Waals surface area contributed by atoms with Crippen LogP contribution in [0.25, 0.3) is 0 Å². The van der Waals surface area contributed by atoms with Gasteiger partial charge >= 0.3 is 0 Å². The van der Waals surface area contributed by atoms with Gasteiger partial charge < -0.3 is 0 Å². The van der Waals surface area contributed by atoms with Crippen molar-refractivity contribution in [1.82, 2.24) is 4.90 Å². The Balaban J connectivity index is 1.61. The van der Waals surface area contributed by atoms with E-state index in [2.05, 4.69) is 74.5 Å². The summed E-state index contributed by atoms with van der Waals surface area (Å²) in [7, 11) is -1.04. The van der Waals surface area contributed by atoms with Crippen molar-refractivity contribution in [2.75, 3.05) is 0 Å². The van der Waals surface area contributed by atoms with Crippen LogP contribution in [0, 0.1) is 20.8 Å². The molecule has 0 aliphatic carbocycles. The predicted molar refractivity (Wildman–Crippen MR) is 149 cm³/mol. The van der Waals surface area contributed by atoms with Crippen LogP contribution < -0.4 is 10.6 Å². The van der Waals surface area contributed by atoms with Crippen LogP contribution in [0.1, 0.15) is 55.0 Å². The smallest absolute Gasteiger partial charge is 0.268 e. The molecule has 0 radical (unpaired) electrons. The van der Waals surface area contributed by atoms with E-state index in [0.717, 1.165) is 37.8 Å². The first kappa shape index (κ1) is 24.8. The van der Waals surface area contributed by atoms with Crippen LogP contribution in [0.3, 0.4) is 0 Å². The van der Waals surface area contributed by atoms with Gasteiger partial charge in [-0.05, 0) is 57.0 Å². The number of hydrogen-bond acceptors (Lipinski definition) is 3. The van der Waals surface area contributed by atoms with E-state index in [4.69, 9.17) is 0 Å². The first-order valence-electron chi connectivity index (χ1n) is 12.3. The molecule has 5 rings (SSSR count). The Bertz CT molecular complexity index is 1430. The van der Waals surface area contributed by atoms with Gasteiger partial charge in [0, 0.05) is 12.1 Å². The number of benzene rings is 4. The average Bonchev–Trinajstić information content (AvgIpc) is 3.14. The van der Waals surface area contributed by atoms with Crippen LogP contribution in [0.5, 0.6) is 0 Å². The van der Waals surface area contributed by atoms with Crippen molar-refractivity contribution in [3.63, 3.8) is 0 Å². The Hall–Kier alpha value is -3.88. The molecule has 37 heavy (non-hydrogen) atoms. The number of hydrogen-bond donors (Lipinski definition) is 0. The number of amides is 3. The summed E-state index contributed by atoms with van der Waals surface area (Å²) in [4.78, 5) is 40.8. The number of rotatable bonds is 6. The molecule has 0 unspecified atom stereocenters. The fraction of sp³-hybridized carbons (Fsp3) is 0.156. The van der Waals surface area contributed by atoms with E-state index in [0.29, 0.717) is 0 Å². The zero-order valence-electron chi connectivity index (χ0n) is 21.1. The van der Waals surface area contributed by atoms with Gasteiger partial charge in [0.1, 0.15) is 0 Å². The van der Waals surface area contributed by atoms with Gasteiger partial charge in [-0.15, -0.1) is 0 Å². The third-order valence-corrected chi connectivity index (χ3v) is 9.52. The van der Waals surface area contributed by atoms with Crippen LogP contribution in [0.2, 0.25) is 0 Å². The predicted octanol–water partition coefficient (Wildman–Crippen LogP) is 6.00. The molecule has 184 valence electrons. The largest absolute Gasteiger partial charge is 0.274 e. The SMILES string of the molecule is Cc1ccc([C@@H](CC(=O)N2C(=O)c3ccccc3C2=O)P(c2cccc(C)c2)c2cccc(C)c2)cc1. The van der Waals surface area contributed by atoms with Crippen LogP contribution in [-0.4, -0.2) is 22.6 Å². The van der Waals surface area contributed by atoms with E-state index >= 15 is 0 Å². The van der Waals surface area contributed by atoms with Gasteiger partial charge in [0.2, 0.25) is 5.91 Å². The lowest BCUT2D eigenvalue weighted by Gasteiger charge is -2.30. The molecule has 0 N–H and O–H groups in total. The molecular formula is C32H28NO3P. The van der Waals surface area contributed by atoms with Crippen LogP contribution in [-0.2, 0) is 4.79 Å². The highest BCUT2D eigenvalue weighted by Gasteiger charge is 2.41. The molecule has 1 aliphatic rings. The third kappa shape index (κ3) is 4.90. The second-order valence-electron chi connectivity index (χ2n) is 9.56. The molecule has 0 saturated carbocycles. The molecule has 0 fully saturated rings. The molecule has 4 aromatic rings. The van der Waals surface area contributed by atoms with Gasteiger partial charge in [-0.25, -0.2) is 4.90 Å². The first-order chi connectivity index (χ1) is 17.8. The van der Waals surface area contributed by atoms with Crippen molar-refractivity contribution in [2.45, 2.75) is 32.9 Å². The van der Waals surface area contributed by atoms with Gasteiger partial charge in [0.05, 0.1) is 11.1 Å². The van der Waals surface area contributed by atoms with Gasteiger partial charge in [-0.2, -0.15) is 0 Å². The summed E-state index contributed by atoms with van der Waals surface area (Å²) in [6.45, 7) is 6.17. The minimum atomic E-state index is -1.04. The molecule has 3 amide bonds. The molecule has 1 aliphatic heterocycles. The molecule has 0 saturated heterocycles. The summed E-state index contributed by atoms with van der Waals surface area (Å²) in [6, 6.07) is 31.7. The van der Waals surface area contributed by atoms with Crippen LogP contribution >= 0.6 is 7.92 Å². The number of nitrogens with zero attached hydrogens (tertiary/aromatic N) is 1. The van der Waals surface area contributed by atoms with Gasteiger partial charge in [0.25, 0.3) is 11.8 Å². The van der Waals surface area contributed by atoms with Crippen molar-refractivity contribution < 1.29 is 14.4 Å². The van der Waals surface area contributed by atoms with Crippen molar-refractivity contribution in [2.24, 2.45) is 0 Å². The van der Waals surface area contributed by atoms with E-state index in [1.807, 2.05) is 19.1 Å². The summed E-state index contributed by atoms with van der Waals surface area (Å²) >= 11 is 0. The lowest BCUT2D eigenvalue weighted by Crippen LogP contribution is -2.37. The maximum Gasteiger partial charge on any atom is 0.268 e. The van der Waals surface area contributed by atoms with E-state index in [1.54, 1.807) is 24.3 Å².